The van der Waals surface area contributed by atoms with Crippen LogP contribution in [0.3, 0.4) is 0 Å². The Kier molecular flexibility index (Phi) is 9.63. The largest absolute Gasteiger partial charge is 0.370 e. The summed E-state index contributed by atoms with van der Waals surface area (Å²) in [5, 5.41) is 17.3. The fraction of sp³-hybridized carbons (Fsp3) is 0.650. The summed E-state index contributed by atoms with van der Waals surface area (Å²) in [4.78, 5) is 60.8. The third kappa shape index (κ3) is 8.75. The van der Waals surface area contributed by atoms with Gasteiger partial charge >= 0.3 is 6.03 Å². The highest BCUT2D eigenvalue weighted by atomic mass is 16.3. The SMILES string of the molecule is C[C@H](NC(=O)CCN1C(=O)C=CC1O)C(=O)N[C@@H](CCCNC(N)=O)C(=O)C(C)(C)C. The van der Waals surface area contributed by atoms with Crippen LogP contribution < -0.4 is 21.7 Å². The summed E-state index contributed by atoms with van der Waals surface area (Å²) in [7, 11) is 0. The summed E-state index contributed by atoms with van der Waals surface area (Å²) in [6.45, 7) is 6.98. The van der Waals surface area contributed by atoms with Crippen LogP contribution in [-0.4, -0.2) is 70.9 Å². The first-order valence-corrected chi connectivity index (χ1v) is 10.2. The van der Waals surface area contributed by atoms with Crippen LogP contribution in [0.5, 0.6) is 0 Å². The Balaban J connectivity index is 2.58. The molecule has 3 atom stereocenters. The quantitative estimate of drug-likeness (QED) is 0.262. The van der Waals surface area contributed by atoms with Crippen molar-refractivity contribution in [2.45, 2.75) is 65.3 Å². The molecule has 11 nitrogen and oxygen atoms in total. The molecule has 174 valence electrons. The zero-order valence-corrected chi connectivity index (χ0v) is 18.4. The maximum Gasteiger partial charge on any atom is 0.312 e. The maximum atomic E-state index is 12.7. The number of aliphatic hydroxyl groups is 1. The van der Waals surface area contributed by atoms with Crippen molar-refractivity contribution in [1.82, 2.24) is 20.9 Å². The van der Waals surface area contributed by atoms with E-state index in [9.17, 15) is 29.1 Å². The Bertz CT molecular complexity index is 730. The molecule has 0 aromatic rings. The number of nitrogens with two attached hydrogens (primary N) is 1. The Morgan fingerprint density at radius 1 is 1.23 bits per heavy atom. The second-order valence-electron chi connectivity index (χ2n) is 8.45. The van der Waals surface area contributed by atoms with Crippen molar-refractivity contribution in [3.05, 3.63) is 12.2 Å². The first-order chi connectivity index (χ1) is 14.3. The molecule has 1 unspecified atom stereocenters. The van der Waals surface area contributed by atoms with Gasteiger partial charge in [0.25, 0.3) is 0 Å². The van der Waals surface area contributed by atoms with Gasteiger partial charge in [-0.3, -0.25) is 19.2 Å². The van der Waals surface area contributed by atoms with Crippen LogP contribution in [-0.2, 0) is 19.2 Å². The molecule has 1 heterocycles. The molecule has 31 heavy (non-hydrogen) atoms. The van der Waals surface area contributed by atoms with E-state index < -0.39 is 41.6 Å². The monoisotopic (exact) mass is 439 g/mol. The van der Waals surface area contributed by atoms with Crippen LogP contribution in [0.4, 0.5) is 4.79 Å². The minimum absolute atomic E-state index is 0.00513. The third-order valence-corrected chi connectivity index (χ3v) is 4.70. The molecule has 0 aromatic carbocycles. The van der Waals surface area contributed by atoms with Gasteiger partial charge in [0.05, 0.1) is 6.04 Å². The predicted molar refractivity (Wildman–Crippen MR) is 112 cm³/mol. The summed E-state index contributed by atoms with van der Waals surface area (Å²) in [6.07, 6.45) is 2.12. The van der Waals surface area contributed by atoms with E-state index in [0.29, 0.717) is 12.8 Å². The van der Waals surface area contributed by atoms with Gasteiger partial charge in [0.15, 0.2) is 5.78 Å². The van der Waals surface area contributed by atoms with Gasteiger partial charge in [0.2, 0.25) is 17.7 Å². The number of ketones is 1. The predicted octanol–water partition coefficient (Wildman–Crippen LogP) is -0.853. The van der Waals surface area contributed by atoms with E-state index in [4.69, 9.17) is 5.73 Å². The number of carbonyl (C=O) groups excluding carboxylic acids is 5. The highest BCUT2D eigenvalue weighted by Gasteiger charge is 2.31. The van der Waals surface area contributed by atoms with Gasteiger partial charge in [-0.15, -0.1) is 0 Å². The molecule has 11 heteroatoms. The van der Waals surface area contributed by atoms with Crippen molar-refractivity contribution in [2.75, 3.05) is 13.1 Å². The highest BCUT2D eigenvalue weighted by Crippen LogP contribution is 2.19. The molecule has 0 radical (unpaired) electrons. The molecule has 0 aromatic heterocycles. The number of hydrogen-bond donors (Lipinski definition) is 5. The van der Waals surface area contributed by atoms with Gasteiger partial charge in [-0.2, -0.15) is 0 Å². The third-order valence-electron chi connectivity index (χ3n) is 4.70. The van der Waals surface area contributed by atoms with E-state index >= 15 is 0 Å². The number of urea groups is 1. The molecular formula is C20H33N5O6. The Hall–Kier alpha value is -2.95. The van der Waals surface area contributed by atoms with Gasteiger partial charge in [-0.05, 0) is 25.8 Å². The summed E-state index contributed by atoms with van der Waals surface area (Å²) in [6, 6.07) is -2.37. The zero-order chi connectivity index (χ0) is 23.8. The number of carbonyl (C=O) groups is 5. The Morgan fingerprint density at radius 3 is 2.39 bits per heavy atom. The lowest BCUT2D eigenvalue weighted by Gasteiger charge is -2.27. The number of rotatable bonds is 11. The van der Waals surface area contributed by atoms with E-state index in [1.807, 2.05) is 0 Å². The topological polar surface area (TPSA) is 171 Å². The number of nitrogens with zero attached hydrogens (tertiary/aromatic N) is 1. The molecule has 0 aliphatic carbocycles. The van der Waals surface area contributed by atoms with Crippen molar-refractivity contribution in [3.8, 4) is 0 Å². The average Bonchev–Trinajstić information content (AvgIpc) is 2.98. The van der Waals surface area contributed by atoms with E-state index in [1.54, 1.807) is 20.8 Å². The van der Waals surface area contributed by atoms with Crippen molar-refractivity contribution in [1.29, 1.82) is 0 Å². The van der Waals surface area contributed by atoms with Crippen LogP contribution in [0.15, 0.2) is 12.2 Å². The molecule has 1 rings (SSSR count). The summed E-state index contributed by atoms with van der Waals surface area (Å²) in [5.74, 6) is -1.57. The first-order valence-electron chi connectivity index (χ1n) is 10.2. The van der Waals surface area contributed by atoms with Gasteiger partial charge in [0.1, 0.15) is 12.3 Å². The van der Waals surface area contributed by atoms with Gasteiger partial charge < -0.3 is 31.7 Å². The summed E-state index contributed by atoms with van der Waals surface area (Å²) < 4.78 is 0. The molecule has 0 saturated heterocycles. The Morgan fingerprint density at radius 2 is 1.87 bits per heavy atom. The smallest absolute Gasteiger partial charge is 0.312 e. The van der Waals surface area contributed by atoms with E-state index in [0.717, 1.165) is 4.90 Å². The van der Waals surface area contributed by atoms with Crippen LogP contribution >= 0.6 is 0 Å². The highest BCUT2D eigenvalue weighted by molar-refractivity contribution is 5.95. The van der Waals surface area contributed by atoms with Crippen molar-refractivity contribution < 1.29 is 29.1 Å². The minimum Gasteiger partial charge on any atom is -0.370 e. The number of amides is 5. The number of aliphatic hydroxyl groups excluding tert-OH is 1. The van der Waals surface area contributed by atoms with Gasteiger partial charge in [-0.1, -0.05) is 20.8 Å². The Labute approximate surface area is 181 Å². The summed E-state index contributed by atoms with van der Waals surface area (Å²) in [5.41, 5.74) is 4.32. The molecule has 1 aliphatic heterocycles. The molecule has 1 aliphatic rings. The molecule has 5 amide bonds. The molecule has 0 bridgehead atoms. The van der Waals surface area contributed by atoms with Crippen LogP contribution in [0.25, 0.3) is 0 Å². The second-order valence-corrected chi connectivity index (χ2v) is 8.45. The number of nitrogens with one attached hydrogen (secondary N) is 3. The van der Waals surface area contributed by atoms with Gasteiger partial charge in [0, 0.05) is 31.0 Å². The summed E-state index contributed by atoms with van der Waals surface area (Å²) >= 11 is 0. The standard InChI is InChI=1S/C20H33N5O6/c1-12(23-14(26)9-11-25-15(27)7-8-16(25)28)18(30)24-13(17(29)20(2,3)4)6-5-10-22-19(21)31/h7-8,12-13,15,27H,5-6,9-11H2,1-4H3,(H,23,26)(H,24,30)(H3,21,22,31)/t12-,13-,15?/m0/s1. The van der Waals surface area contributed by atoms with Crippen molar-refractivity contribution >= 4 is 29.5 Å². The lowest BCUT2D eigenvalue weighted by Crippen LogP contribution is -2.52. The lowest BCUT2D eigenvalue weighted by atomic mass is 9.84. The van der Waals surface area contributed by atoms with E-state index in [2.05, 4.69) is 16.0 Å². The minimum atomic E-state index is -1.06. The molecule has 0 saturated carbocycles. The number of hydrogen-bond acceptors (Lipinski definition) is 6. The van der Waals surface area contributed by atoms with Crippen molar-refractivity contribution in [3.63, 3.8) is 0 Å². The van der Waals surface area contributed by atoms with Crippen molar-refractivity contribution in [2.24, 2.45) is 11.1 Å². The first kappa shape index (κ1) is 26.1. The van der Waals surface area contributed by atoms with Crippen LogP contribution in [0, 0.1) is 5.41 Å². The maximum absolute atomic E-state index is 12.7. The normalized spacial score (nSPS) is 17.8. The molecule has 0 fully saturated rings. The number of primary amides is 1. The van der Waals surface area contributed by atoms with Crippen LogP contribution in [0.1, 0.15) is 47.0 Å². The zero-order valence-electron chi connectivity index (χ0n) is 18.4. The van der Waals surface area contributed by atoms with E-state index in [-0.39, 0.29) is 31.2 Å². The average molecular weight is 440 g/mol. The number of Topliss-reactive ketones (excluding diaryl/α,β-unsaturated/α-hetero) is 1. The molecule has 6 N–H and O–H groups in total. The molecule has 0 spiro atoms. The van der Waals surface area contributed by atoms with Crippen LogP contribution in [0.2, 0.25) is 0 Å². The fourth-order valence-corrected chi connectivity index (χ4v) is 2.95. The second kappa shape index (κ2) is 11.4. The fourth-order valence-electron chi connectivity index (χ4n) is 2.95. The molecular weight excluding hydrogens is 406 g/mol. The van der Waals surface area contributed by atoms with Gasteiger partial charge in [-0.25, -0.2) is 4.79 Å². The van der Waals surface area contributed by atoms with E-state index in [1.165, 1.54) is 19.1 Å². The lowest BCUT2D eigenvalue weighted by molar-refractivity contribution is -0.134.